The third kappa shape index (κ3) is 3.49. The van der Waals surface area contributed by atoms with Gasteiger partial charge in [-0.2, -0.15) is 10.2 Å². The van der Waals surface area contributed by atoms with Crippen LogP contribution >= 0.6 is 0 Å². The van der Waals surface area contributed by atoms with Crippen LogP contribution in [-0.2, 0) is 24.9 Å². The summed E-state index contributed by atoms with van der Waals surface area (Å²) in [6.07, 6.45) is 7.75. The molecular weight excluding hydrogens is 362 g/mol. The molecule has 0 unspecified atom stereocenters. The maximum absolute atomic E-state index is 12.4. The molecule has 0 aromatic carbocycles. The molecule has 11 heteroatoms. The predicted molar refractivity (Wildman–Crippen MR) is 98.4 cm³/mol. The lowest BCUT2D eigenvalue weighted by Crippen LogP contribution is -2.27. The molecule has 4 aromatic rings. The summed E-state index contributed by atoms with van der Waals surface area (Å²) in [5.41, 5.74) is 1.17. The Labute approximate surface area is 158 Å². The first-order valence-electron chi connectivity index (χ1n) is 8.55. The Hall–Kier alpha value is -3.89. The summed E-state index contributed by atoms with van der Waals surface area (Å²) in [5.74, 6) is 0.476. The fraction of sp³-hybridized carbons (Fsp3) is 0.235. The van der Waals surface area contributed by atoms with Gasteiger partial charge in [0.05, 0.1) is 12.5 Å². The molecule has 142 valence electrons. The number of aryl methyl sites for hydroxylation is 2. The second-order valence-corrected chi connectivity index (χ2v) is 6.14. The Morgan fingerprint density at radius 2 is 2.04 bits per heavy atom. The van der Waals surface area contributed by atoms with Crippen LogP contribution in [0.3, 0.4) is 0 Å². The Kier molecular flexibility index (Phi) is 4.62. The zero-order valence-corrected chi connectivity index (χ0v) is 15.1. The number of fused-ring (bicyclic) bond motifs is 1. The molecule has 4 heterocycles. The number of carbonyl (C=O) groups excluding carboxylic acids is 1. The summed E-state index contributed by atoms with van der Waals surface area (Å²) in [7, 11) is 1.72. The van der Waals surface area contributed by atoms with Gasteiger partial charge in [-0.3, -0.25) is 18.8 Å². The number of nitrogens with one attached hydrogen (secondary N) is 1. The van der Waals surface area contributed by atoms with Crippen molar-refractivity contribution >= 4 is 16.9 Å². The normalized spacial score (nSPS) is 11.0. The van der Waals surface area contributed by atoms with Crippen LogP contribution < -0.4 is 10.9 Å². The topological polar surface area (TPSA) is 125 Å². The lowest BCUT2D eigenvalue weighted by atomic mass is 10.2. The summed E-state index contributed by atoms with van der Waals surface area (Å²) in [5, 5.41) is 11.3. The van der Waals surface area contributed by atoms with Gasteiger partial charge in [0.25, 0.3) is 5.56 Å². The zero-order valence-electron chi connectivity index (χ0n) is 15.1. The molecule has 0 fully saturated rings. The number of aromatic nitrogens is 8. The molecule has 0 radical (unpaired) electrons. The maximum atomic E-state index is 12.4. The van der Waals surface area contributed by atoms with Gasteiger partial charge in [0, 0.05) is 32.8 Å². The second-order valence-electron chi connectivity index (χ2n) is 6.14. The first-order valence-corrected chi connectivity index (χ1v) is 8.55. The SMILES string of the molecule is Cn1ncc2c(=O)n(CCC(=O)NCc3ccc(-n4cncn4)nc3)cnc21. The molecule has 0 spiro atoms. The smallest absolute Gasteiger partial charge is 0.264 e. The third-order valence-corrected chi connectivity index (χ3v) is 4.25. The highest BCUT2D eigenvalue weighted by Gasteiger charge is 2.09. The van der Waals surface area contributed by atoms with Crippen molar-refractivity contribution in [1.29, 1.82) is 0 Å². The number of pyridine rings is 1. The Balaban J connectivity index is 1.32. The molecule has 4 rings (SSSR count). The van der Waals surface area contributed by atoms with Crippen LogP contribution in [0.2, 0.25) is 0 Å². The maximum Gasteiger partial charge on any atom is 0.264 e. The third-order valence-electron chi connectivity index (χ3n) is 4.25. The van der Waals surface area contributed by atoms with E-state index < -0.39 is 0 Å². The largest absolute Gasteiger partial charge is 0.352 e. The van der Waals surface area contributed by atoms with E-state index in [2.05, 4.69) is 30.5 Å². The second kappa shape index (κ2) is 7.39. The van der Waals surface area contributed by atoms with Gasteiger partial charge in [-0.1, -0.05) is 6.07 Å². The van der Waals surface area contributed by atoms with Crippen LogP contribution in [0.4, 0.5) is 0 Å². The van der Waals surface area contributed by atoms with Gasteiger partial charge < -0.3 is 5.32 Å². The molecule has 0 atom stereocenters. The van der Waals surface area contributed by atoms with Crippen molar-refractivity contribution in [2.75, 3.05) is 0 Å². The summed E-state index contributed by atoms with van der Waals surface area (Å²) < 4.78 is 4.50. The van der Waals surface area contributed by atoms with E-state index in [9.17, 15) is 9.59 Å². The van der Waals surface area contributed by atoms with Crippen molar-refractivity contribution < 1.29 is 4.79 Å². The number of hydrogen-bond donors (Lipinski definition) is 1. The van der Waals surface area contributed by atoms with Crippen molar-refractivity contribution in [2.45, 2.75) is 19.5 Å². The molecule has 11 nitrogen and oxygen atoms in total. The molecular formula is C17H17N9O2. The Morgan fingerprint density at radius 1 is 1.14 bits per heavy atom. The van der Waals surface area contributed by atoms with Crippen LogP contribution in [0.25, 0.3) is 16.9 Å². The molecule has 0 bridgehead atoms. The average molecular weight is 379 g/mol. The first-order chi connectivity index (χ1) is 13.6. The first kappa shape index (κ1) is 17.5. The number of carbonyl (C=O) groups is 1. The van der Waals surface area contributed by atoms with Gasteiger partial charge in [0.2, 0.25) is 5.91 Å². The monoisotopic (exact) mass is 379 g/mol. The summed E-state index contributed by atoms with van der Waals surface area (Å²) >= 11 is 0. The lowest BCUT2D eigenvalue weighted by molar-refractivity contribution is -0.121. The van der Waals surface area contributed by atoms with Crippen molar-refractivity contribution in [1.82, 2.24) is 44.4 Å². The van der Waals surface area contributed by atoms with E-state index in [4.69, 9.17) is 0 Å². The van der Waals surface area contributed by atoms with E-state index in [1.165, 1.54) is 28.1 Å². The van der Waals surface area contributed by atoms with E-state index in [0.717, 1.165) is 5.56 Å². The molecule has 0 aliphatic rings. The summed E-state index contributed by atoms with van der Waals surface area (Å²) in [6, 6.07) is 3.65. The van der Waals surface area contributed by atoms with Crippen LogP contribution in [0, 0.1) is 0 Å². The van der Waals surface area contributed by atoms with Gasteiger partial charge in [-0.25, -0.2) is 19.6 Å². The molecule has 0 aliphatic heterocycles. The van der Waals surface area contributed by atoms with Crippen molar-refractivity contribution in [3.63, 3.8) is 0 Å². The quantitative estimate of drug-likeness (QED) is 0.492. The highest BCUT2D eigenvalue weighted by Crippen LogP contribution is 2.05. The fourth-order valence-electron chi connectivity index (χ4n) is 2.72. The Morgan fingerprint density at radius 3 is 2.79 bits per heavy atom. The molecule has 1 N–H and O–H groups in total. The van der Waals surface area contributed by atoms with Gasteiger partial charge in [0.15, 0.2) is 11.5 Å². The number of amides is 1. The van der Waals surface area contributed by atoms with E-state index in [1.54, 1.807) is 30.3 Å². The van der Waals surface area contributed by atoms with Crippen LogP contribution in [0.15, 0.2) is 48.3 Å². The molecule has 0 saturated heterocycles. The van der Waals surface area contributed by atoms with E-state index in [1.807, 2.05) is 6.07 Å². The molecule has 4 aromatic heterocycles. The molecule has 0 saturated carbocycles. The van der Waals surface area contributed by atoms with Gasteiger partial charge >= 0.3 is 0 Å². The number of nitrogens with zero attached hydrogens (tertiary/aromatic N) is 8. The summed E-state index contributed by atoms with van der Waals surface area (Å²) in [4.78, 5) is 36.9. The highest BCUT2D eigenvalue weighted by molar-refractivity contribution is 5.76. The van der Waals surface area contributed by atoms with Gasteiger partial charge in [0.1, 0.15) is 18.0 Å². The Bertz CT molecular complexity index is 1160. The molecule has 1 amide bonds. The predicted octanol–water partition coefficient (Wildman–Crippen LogP) is -0.188. The van der Waals surface area contributed by atoms with E-state index >= 15 is 0 Å². The highest BCUT2D eigenvalue weighted by atomic mass is 16.1. The fourth-order valence-corrected chi connectivity index (χ4v) is 2.72. The number of rotatable bonds is 6. The van der Waals surface area contributed by atoms with Crippen LogP contribution in [0.1, 0.15) is 12.0 Å². The van der Waals surface area contributed by atoms with Crippen molar-refractivity contribution in [3.8, 4) is 5.82 Å². The van der Waals surface area contributed by atoms with Crippen molar-refractivity contribution in [2.24, 2.45) is 7.05 Å². The molecule has 0 aliphatic carbocycles. The zero-order chi connectivity index (χ0) is 19.5. The van der Waals surface area contributed by atoms with E-state index in [0.29, 0.717) is 23.4 Å². The van der Waals surface area contributed by atoms with E-state index in [-0.39, 0.29) is 24.4 Å². The minimum atomic E-state index is -0.209. The minimum Gasteiger partial charge on any atom is -0.352 e. The summed E-state index contributed by atoms with van der Waals surface area (Å²) in [6.45, 7) is 0.588. The average Bonchev–Trinajstić information content (AvgIpc) is 3.37. The van der Waals surface area contributed by atoms with Gasteiger partial charge in [-0.05, 0) is 11.6 Å². The van der Waals surface area contributed by atoms with Crippen LogP contribution in [0.5, 0.6) is 0 Å². The van der Waals surface area contributed by atoms with Crippen molar-refractivity contribution in [3.05, 3.63) is 59.4 Å². The molecule has 28 heavy (non-hydrogen) atoms. The standard InChI is InChI=1S/C17H17N9O2/c1-24-16-13(8-22-24)17(28)25(11-21-16)5-4-15(27)20-7-12-2-3-14(19-6-12)26-10-18-9-23-26/h2-3,6,8-11H,4-5,7H2,1H3,(H,20,27). The van der Waals surface area contributed by atoms with Gasteiger partial charge in [-0.15, -0.1) is 0 Å². The number of hydrogen-bond acceptors (Lipinski definition) is 7. The van der Waals surface area contributed by atoms with Crippen LogP contribution in [-0.4, -0.2) is 45.0 Å². The lowest BCUT2D eigenvalue weighted by Gasteiger charge is -2.07. The minimum absolute atomic E-state index is 0.165.